The van der Waals surface area contributed by atoms with Crippen molar-refractivity contribution in [2.24, 2.45) is 0 Å². The summed E-state index contributed by atoms with van der Waals surface area (Å²) < 4.78 is 12.9. The number of aryl methyl sites for hydroxylation is 2. The lowest BCUT2D eigenvalue weighted by Gasteiger charge is -2.25. The average molecular weight is 308 g/mol. The Morgan fingerprint density at radius 1 is 1.10 bits per heavy atom. The molecule has 2 nitrogen and oxygen atoms in total. The summed E-state index contributed by atoms with van der Waals surface area (Å²) in [6, 6.07) is 6.98. The van der Waals surface area contributed by atoms with Crippen molar-refractivity contribution >= 4 is 10.8 Å². The van der Waals surface area contributed by atoms with Gasteiger partial charge < -0.3 is 5.32 Å². The Kier molecular flexibility index (Phi) is 6.43. The Morgan fingerprint density at radius 2 is 1.76 bits per heavy atom. The van der Waals surface area contributed by atoms with Crippen LogP contribution in [-0.4, -0.2) is 22.0 Å². The lowest BCUT2D eigenvalue weighted by Crippen LogP contribution is -2.41. The molecule has 0 aromatic heterocycles. The minimum Gasteiger partial charge on any atom is -0.313 e. The predicted molar refractivity (Wildman–Crippen MR) is 92.1 cm³/mol. The van der Waals surface area contributed by atoms with E-state index in [1.807, 2.05) is 0 Å². The van der Waals surface area contributed by atoms with Crippen LogP contribution in [0.5, 0.6) is 0 Å². The van der Waals surface area contributed by atoms with Gasteiger partial charge in [0, 0.05) is 22.6 Å². The van der Waals surface area contributed by atoms with E-state index in [-0.39, 0.29) is 0 Å². The topological polar surface area (TPSA) is 29.1 Å². The SMILES string of the molecule is CCNC1CCCCCC1S(=O)Cc1cc(C)cc(C)c1. The zero-order chi connectivity index (χ0) is 15.2. The van der Waals surface area contributed by atoms with E-state index in [1.54, 1.807) is 0 Å². The minimum atomic E-state index is -0.779. The van der Waals surface area contributed by atoms with Gasteiger partial charge in [0.15, 0.2) is 0 Å². The van der Waals surface area contributed by atoms with Crippen LogP contribution in [0, 0.1) is 13.8 Å². The van der Waals surface area contributed by atoms with E-state index in [4.69, 9.17) is 0 Å². The Bertz CT molecular complexity index is 466. The molecule has 0 bridgehead atoms. The van der Waals surface area contributed by atoms with E-state index in [9.17, 15) is 4.21 Å². The van der Waals surface area contributed by atoms with Gasteiger partial charge in [-0.2, -0.15) is 0 Å². The van der Waals surface area contributed by atoms with E-state index >= 15 is 0 Å². The smallest absolute Gasteiger partial charge is 0.0504 e. The fourth-order valence-corrected chi connectivity index (χ4v) is 5.25. The quantitative estimate of drug-likeness (QED) is 0.837. The number of benzene rings is 1. The first-order valence-electron chi connectivity index (χ1n) is 8.28. The van der Waals surface area contributed by atoms with Gasteiger partial charge in [-0.05, 0) is 38.8 Å². The fraction of sp³-hybridized carbons (Fsp3) is 0.667. The molecule has 21 heavy (non-hydrogen) atoms. The summed E-state index contributed by atoms with van der Waals surface area (Å²) in [5.74, 6) is 0.703. The van der Waals surface area contributed by atoms with Gasteiger partial charge in [0.1, 0.15) is 0 Å². The highest BCUT2D eigenvalue weighted by Crippen LogP contribution is 2.24. The Labute approximate surface area is 132 Å². The second kappa shape index (κ2) is 8.09. The van der Waals surface area contributed by atoms with Crippen LogP contribution in [0.25, 0.3) is 0 Å². The fourth-order valence-electron chi connectivity index (χ4n) is 3.51. The van der Waals surface area contributed by atoms with E-state index in [0.29, 0.717) is 17.0 Å². The molecule has 0 aliphatic heterocycles. The Morgan fingerprint density at radius 3 is 2.43 bits per heavy atom. The number of hydrogen-bond donors (Lipinski definition) is 1. The van der Waals surface area contributed by atoms with E-state index < -0.39 is 10.8 Å². The molecule has 1 aliphatic rings. The number of rotatable bonds is 5. The molecule has 2 rings (SSSR count). The van der Waals surface area contributed by atoms with Gasteiger partial charge in [0.25, 0.3) is 0 Å². The maximum Gasteiger partial charge on any atom is 0.0504 e. The van der Waals surface area contributed by atoms with Crippen molar-refractivity contribution in [2.45, 2.75) is 69.9 Å². The van der Waals surface area contributed by atoms with Crippen LogP contribution in [-0.2, 0) is 16.6 Å². The third kappa shape index (κ3) is 4.93. The molecule has 1 fully saturated rings. The molecule has 1 N–H and O–H groups in total. The largest absolute Gasteiger partial charge is 0.313 e. The second-order valence-electron chi connectivity index (χ2n) is 6.36. The van der Waals surface area contributed by atoms with E-state index in [1.165, 1.54) is 42.4 Å². The molecule has 3 heteroatoms. The molecule has 1 aromatic rings. The minimum absolute atomic E-state index is 0.313. The molecule has 1 aliphatic carbocycles. The number of nitrogens with one attached hydrogen (secondary N) is 1. The Balaban J connectivity index is 2.08. The lowest BCUT2D eigenvalue weighted by molar-refractivity contribution is 0.474. The number of hydrogen-bond acceptors (Lipinski definition) is 2. The first-order chi connectivity index (χ1) is 10.1. The summed E-state index contributed by atoms with van der Waals surface area (Å²) in [6.07, 6.45) is 6.07. The maximum absolute atomic E-state index is 12.9. The molecule has 0 amide bonds. The van der Waals surface area contributed by atoms with Crippen molar-refractivity contribution in [3.05, 3.63) is 34.9 Å². The second-order valence-corrected chi connectivity index (χ2v) is 8.02. The van der Waals surface area contributed by atoms with Crippen LogP contribution >= 0.6 is 0 Å². The summed E-state index contributed by atoms with van der Waals surface area (Å²) in [5, 5.41) is 3.88. The molecule has 0 saturated heterocycles. The van der Waals surface area contributed by atoms with Crippen molar-refractivity contribution in [2.75, 3.05) is 6.54 Å². The van der Waals surface area contributed by atoms with Gasteiger partial charge in [-0.15, -0.1) is 0 Å². The normalized spacial score (nSPS) is 24.5. The van der Waals surface area contributed by atoms with Crippen LogP contribution in [0.4, 0.5) is 0 Å². The van der Waals surface area contributed by atoms with Gasteiger partial charge in [-0.25, -0.2) is 0 Å². The monoisotopic (exact) mass is 307 g/mol. The van der Waals surface area contributed by atoms with Crippen LogP contribution in [0.2, 0.25) is 0 Å². The predicted octanol–water partition coefficient (Wildman–Crippen LogP) is 3.86. The summed E-state index contributed by atoms with van der Waals surface area (Å²) in [7, 11) is -0.779. The van der Waals surface area contributed by atoms with Gasteiger partial charge in [-0.1, -0.05) is 55.5 Å². The molecule has 1 aromatic carbocycles. The first-order valence-corrected chi connectivity index (χ1v) is 9.66. The third-order valence-corrected chi connectivity index (χ3v) is 6.20. The van der Waals surface area contributed by atoms with Crippen LogP contribution in [0.1, 0.15) is 55.7 Å². The molecule has 118 valence electrons. The van der Waals surface area contributed by atoms with Crippen molar-refractivity contribution < 1.29 is 4.21 Å². The zero-order valence-electron chi connectivity index (χ0n) is 13.7. The van der Waals surface area contributed by atoms with Crippen molar-refractivity contribution in [1.82, 2.24) is 5.32 Å². The van der Waals surface area contributed by atoms with Gasteiger partial charge >= 0.3 is 0 Å². The maximum atomic E-state index is 12.9. The highest BCUT2D eigenvalue weighted by atomic mass is 32.2. The molecule has 3 unspecified atom stereocenters. The summed E-state index contributed by atoms with van der Waals surface area (Å²) in [4.78, 5) is 0. The zero-order valence-corrected chi connectivity index (χ0v) is 14.5. The van der Waals surface area contributed by atoms with Crippen molar-refractivity contribution in [3.63, 3.8) is 0 Å². The standard InChI is InChI=1S/C18H29NOS/c1-4-19-17-8-6-5-7-9-18(17)21(20)13-16-11-14(2)10-15(3)12-16/h10-12,17-19H,4-9,13H2,1-3H3. The van der Waals surface area contributed by atoms with Crippen LogP contribution in [0.15, 0.2) is 18.2 Å². The van der Waals surface area contributed by atoms with Gasteiger partial charge in [0.2, 0.25) is 0 Å². The summed E-state index contributed by atoms with van der Waals surface area (Å²) in [5.41, 5.74) is 3.77. The molecule has 0 spiro atoms. The highest BCUT2D eigenvalue weighted by Gasteiger charge is 2.27. The highest BCUT2D eigenvalue weighted by molar-refractivity contribution is 7.84. The van der Waals surface area contributed by atoms with E-state index in [2.05, 4.69) is 44.3 Å². The van der Waals surface area contributed by atoms with Crippen LogP contribution in [0.3, 0.4) is 0 Å². The molecular weight excluding hydrogens is 278 g/mol. The molecular formula is C18H29NOS. The molecule has 0 radical (unpaired) electrons. The first kappa shape index (κ1) is 16.7. The van der Waals surface area contributed by atoms with Crippen molar-refractivity contribution in [1.29, 1.82) is 0 Å². The van der Waals surface area contributed by atoms with Gasteiger partial charge in [-0.3, -0.25) is 4.21 Å². The van der Waals surface area contributed by atoms with Crippen molar-refractivity contribution in [3.8, 4) is 0 Å². The molecule has 1 saturated carbocycles. The molecule has 3 atom stereocenters. The average Bonchev–Trinajstić information content (AvgIpc) is 2.63. The molecule has 0 heterocycles. The third-order valence-electron chi connectivity index (χ3n) is 4.35. The van der Waals surface area contributed by atoms with Crippen LogP contribution < -0.4 is 5.32 Å². The lowest BCUT2D eigenvalue weighted by atomic mass is 10.1. The summed E-state index contributed by atoms with van der Waals surface area (Å²) in [6.45, 7) is 7.36. The Hall–Kier alpha value is -0.670. The van der Waals surface area contributed by atoms with E-state index in [0.717, 1.165) is 13.0 Å². The van der Waals surface area contributed by atoms with Gasteiger partial charge in [0.05, 0.1) is 5.25 Å². The summed E-state index contributed by atoms with van der Waals surface area (Å²) >= 11 is 0.